The number of nitrogens with zero attached hydrogens (tertiary/aromatic N) is 2. The number of nitrogens with one attached hydrogen (secondary N) is 1. The molecule has 2 rings (SSSR count). The van der Waals surface area contributed by atoms with Crippen LogP contribution in [0.4, 0.5) is 10.5 Å². The summed E-state index contributed by atoms with van der Waals surface area (Å²) in [7, 11) is 0. The zero-order valence-corrected chi connectivity index (χ0v) is 12.9. The van der Waals surface area contributed by atoms with Crippen LogP contribution in [0.1, 0.15) is 19.4 Å². The van der Waals surface area contributed by atoms with Crippen LogP contribution in [0, 0.1) is 0 Å². The molecular formula is C14H15N3O4S. The highest BCUT2D eigenvalue weighted by Crippen LogP contribution is 2.22. The van der Waals surface area contributed by atoms with Gasteiger partial charge in [-0.05, 0) is 24.6 Å². The SMILES string of the molecule is CC(=O)SCC1NC(=O)N(c2ccc(/C(C)=N/O)cc2)C1=O. The van der Waals surface area contributed by atoms with Crippen molar-refractivity contribution in [3.8, 4) is 0 Å². The number of rotatable bonds is 4. The van der Waals surface area contributed by atoms with Crippen LogP contribution in [0.25, 0.3) is 0 Å². The Kier molecular flexibility index (Phi) is 4.81. The molecule has 1 aliphatic heterocycles. The van der Waals surface area contributed by atoms with Crippen LogP contribution in [-0.2, 0) is 9.59 Å². The summed E-state index contributed by atoms with van der Waals surface area (Å²) in [5.74, 6) is -0.177. The fraction of sp³-hybridized carbons (Fsp3) is 0.286. The summed E-state index contributed by atoms with van der Waals surface area (Å²) < 4.78 is 0. The lowest BCUT2D eigenvalue weighted by molar-refractivity contribution is -0.117. The highest BCUT2D eigenvalue weighted by molar-refractivity contribution is 8.13. The molecule has 116 valence electrons. The van der Waals surface area contributed by atoms with Gasteiger partial charge in [-0.15, -0.1) is 0 Å². The predicted octanol–water partition coefficient (Wildman–Crippen LogP) is 1.59. The lowest BCUT2D eigenvalue weighted by Crippen LogP contribution is -2.32. The summed E-state index contributed by atoms with van der Waals surface area (Å²) in [5.41, 5.74) is 1.54. The van der Waals surface area contributed by atoms with Crippen molar-refractivity contribution in [3.05, 3.63) is 29.8 Å². The third kappa shape index (κ3) is 3.28. The van der Waals surface area contributed by atoms with Crippen molar-refractivity contribution in [1.82, 2.24) is 5.32 Å². The number of oxime groups is 1. The van der Waals surface area contributed by atoms with Gasteiger partial charge in [-0.25, -0.2) is 9.69 Å². The minimum atomic E-state index is -0.707. The van der Waals surface area contributed by atoms with E-state index in [-0.39, 0.29) is 16.8 Å². The maximum atomic E-state index is 12.3. The first-order valence-corrected chi connectivity index (χ1v) is 7.49. The fourth-order valence-corrected chi connectivity index (χ4v) is 2.63. The number of hydrogen-bond donors (Lipinski definition) is 2. The Morgan fingerprint density at radius 3 is 2.50 bits per heavy atom. The molecule has 2 N–H and O–H groups in total. The molecule has 1 aliphatic rings. The molecule has 1 atom stereocenters. The number of carbonyl (C=O) groups is 3. The highest BCUT2D eigenvalue weighted by atomic mass is 32.2. The Balaban J connectivity index is 2.16. The summed E-state index contributed by atoms with van der Waals surface area (Å²) in [6.07, 6.45) is 0. The number of amides is 3. The van der Waals surface area contributed by atoms with Crippen LogP contribution < -0.4 is 10.2 Å². The number of carbonyl (C=O) groups excluding carboxylic acids is 3. The Bertz CT molecular complexity index is 642. The van der Waals surface area contributed by atoms with Gasteiger partial charge < -0.3 is 10.5 Å². The van der Waals surface area contributed by atoms with E-state index in [1.165, 1.54) is 6.92 Å². The zero-order valence-electron chi connectivity index (χ0n) is 12.1. The first-order chi connectivity index (χ1) is 10.4. The number of thioether (sulfide) groups is 1. The molecule has 1 heterocycles. The van der Waals surface area contributed by atoms with E-state index in [4.69, 9.17) is 5.21 Å². The van der Waals surface area contributed by atoms with Crippen LogP contribution in [0.15, 0.2) is 29.4 Å². The van der Waals surface area contributed by atoms with Crippen LogP contribution in [0.5, 0.6) is 0 Å². The second-order valence-corrected chi connectivity index (χ2v) is 5.91. The smallest absolute Gasteiger partial charge is 0.329 e. The van der Waals surface area contributed by atoms with Gasteiger partial charge in [0.25, 0.3) is 5.91 Å². The van der Waals surface area contributed by atoms with Gasteiger partial charge in [-0.1, -0.05) is 29.1 Å². The van der Waals surface area contributed by atoms with Crippen molar-refractivity contribution < 1.29 is 19.6 Å². The van der Waals surface area contributed by atoms with Gasteiger partial charge in [0.1, 0.15) is 6.04 Å². The summed E-state index contributed by atoms with van der Waals surface area (Å²) >= 11 is 0.996. The second kappa shape index (κ2) is 6.61. The van der Waals surface area contributed by atoms with Crippen molar-refractivity contribution in [2.24, 2.45) is 5.16 Å². The predicted molar refractivity (Wildman–Crippen MR) is 83.4 cm³/mol. The van der Waals surface area contributed by atoms with Crippen molar-refractivity contribution in [2.75, 3.05) is 10.7 Å². The molecule has 0 aromatic heterocycles. The molecule has 0 spiro atoms. The molecule has 0 radical (unpaired) electrons. The molecule has 8 heteroatoms. The number of imide groups is 1. The van der Waals surface area contributed by atoms with Gasteiger partial charge in [0.2, 0.25) is 0 Å². The fourth-order valence-electron chi connectivity index (χ4n) is 2.00. The van der Waals surface area contributed by atoms with E-state index in [0.29, 0.717) is 17.0 Å². The Morgan fingerprint density at radius 1 is 1.32 bits per heavy atom. The standard InChI is InChI=1S/C14H15N3O4S/c1-8(16-21)10-3-5-11(6-4-10)17-13(19)12(15-14(17)20)7-22-9(2)18/h3-6,12,21H,7H2,1-2H3,(H,15,20)/b16-8+. The first kappa shape index (κ1) is 16.0. The molecule has 1 aromatic rings. The largest absolute Gasteiger partial charge is 0.411 e. The van der Waals surface area contributed by atoms with Gasteiger partial charge in [-0.2, -0.15) is 0 Å². The molecule has 1 fully saturated rings. The molecule has 7 nitrogen and oxygen atoms in total. The average molecular weight is 321 g/mol. The Morgan fingerprint density at radius 2 is 1.95 bits per heavy atom. The van der Waals surface area contributed by atoms with Gasteiger partial charge >= 0.3 is 6.03 Å². The maximum absolute atomic E-state index is 12.3. The summed E-state index contributed by atoms with van der Waals surface area (Å²) in [4.78, 5) is 36.2. The van der Waals surface area contributed by atoms with E-state index in [9.17, 15) is 14.4 Å². The zero-order chi connectivity index (χ0) is 16.3. The minimum Gasteiger partial charge on any atom is -0.411 e. The molecule has 22 heavy (non-hydrogen) atoms. The maximum Gasteiger partial charge on any atom is 0.329 e. The number of hydrogen-bond acceptors (Lipinski definition) is 6. The van der Waals surface area contributed by atoms with Gasteiger partial charge in [-0.3, -0.25) is 9.59 Å². The lowest BCUT2D eigenvalue weighted by atomic mass is 10.1. The number of urea groups is 1. The summed E-state index contributed by atoms with van der Waals surface area (Å²) in [6, 6.07) is 5.29. The molecule has 1 aromatic carbocycles. The van der Waals surface area contributed by atoms with Crippen molar-refractivity contribution >= 4 is 40.2 Å². The molecule has 0 bridgehead atoms. The minimum absolute atomic E-state index is 0.108. The van der Waals surface area contributed by atoms with Crippen molar-refractivity contribution in [3.63, 3.8) is 0 Å². The van der Waals surface area contributed by atoms with Gasteiger partial charge in [0, 0.05) is 12.7 Å². The topological polar surface area (TPSA) is 99.1 Å². The Labute approximate surface area is 131 Å². The van der Waals surface area contributed by atoms with E-state index in [0.717, 1.165) is 16.7 Å². The van der Waals surface area contributed by atoms with Crippen LogP contribution in [0.3, 0.4) is 0 Å². The van der Waals surface area contributed by atoms with E-state index in [1.54, 1.807) is 31.2 Å². The monoisotopic (exact) mass is 321 g/mol. The van der Waals surface area contributed by atoms with Crippen molar-refractivity contribution in [2.45, 2.75) is 19.9 Å². The van der Waals surface area contributed by atoms with Crippen molar-refractivity contribution in [1.29, 1.82) is 0 Å². The van der Waals surface area contributed by atoms with Gasteiger partial charge in [0.15, 0.2) is 5.12 Å². The van der Waals surface area contributed by atoms with E-state index < -0.39 is 12.1 Å². The van der Waals surface area contributed by atoms with Gasteiger partial charge in [0.05, 0.1) is 11.4 Å². The number of benzene rings is 1. The third-order valence-electron chi connectivity index (χ3n) is 3.17. The van der Waals surface area contributed by atoms with Crippen LogP contribution in [-0.4, -0.2) is 39.8 Å². The molecule has 1 saturated heterocycles. The molecule has 3 amide bonds. The number of anilines is 1. The lowest BCUT2D eigenvalue weighted by Gasteiger charge is -2.13. The quantitative estimate of drug-likeness (QED) is 0.380. The van der Waals surface area contributed by atoms with Crippen LogP contribution >= 0.6 is 11.8 Å². The molecule has 0 saturated carbocycles. The van der Waals surface area contributed by atoms with Crippen LogP contribution in [0.2, 0.25) is 0 Å². The molecule has 1 unspecified atom stereocenters. The second-order valence-electron chi connectivity index (χ2n) is 4.71. The molecular weight excluding hydrogens is 306 g/mol. The Hall–Kier alpha value is -2.35. The van der Waals surface area contributed by atoms with E-state index >= 15 is 0 Å². The van der Waals surface area contributed by atoms with E-state index in [2.05, 4.69) is 10.5 Å². The third-order valence-corrected chi connectivity index (χ3v) is 4.07. The average Bonchev–Trinajstić information content (AvgIpc) is 2.79. The normalized spacial score (nSPS) is 18.5. The first-order valence-electron chi connectivity index (χ1n) is 6.51. The summed E-state index contributed by atoms with van der Waals surface area (Å²) in [5, 5.41) is 14.3. The highest BCUT2D eigenvalue weighted by Gasteiger charge is 2.39. The van der Waals surface area contributed by atoms with E-state index in [1.807, 2.05) is 0 Å². The summed E-state index contributed by atoms with van der Waals surface area (Å²) in [6.45, 7) is 3.05. The molecule has 0 aliphatic carbocycles.